The lowest BCUT2D eigenvalue weighted by atomic mass is 10.0. The highest BCUT2D eigenvalue weighted by atomic mass is 16.5. The molecule has 0 aromatic heterocycles. The topological polar surface area (TPSA) is 119 Å². The highest BCUT2D eigenvalue weighted by molar-refractivity contribution is 5.83. The van der Waals surface area contributed by atoms with E-state index in [4.69, 9.17) is 10.5 Å². The molecule has 7 heteroatoms. The first-order valence-electron chi connectivity index (χ1n) is 25.9. The number of hydrogen-bond donors (Lipinski definition) is 3. The lowest BCUT2D eigenvalue weighted by Crippen LogP contribution is -2.40. The maximum absolute atomic E-state index is 12.9. The fourth-order valence-electron chi connectivity index (χ4n) is 8.28. The summed E-state index contributed by atoms with van der Waals surface area (Å²) in [7, 11) is 0. The molecule has 0 spiro atoms. The Morgan fingerprint density at radius 1 is 0.431 bits per heavy atom. The lowest BCUT2D eigenvalue weighted by molar-refractivity contribution is -0.150. The first-order valence-corrected chi connectivity index (χ1v) is 25.9. The van der Waals surface area contributed by atoms with Crippen LogP contribution < -0.4 is 11.1 Å². The predicted octanol–water partition coefficient (Wildman–Crippen LogP) is 15.2. The van der Waals surface area contributed by atoms with Gasteiger partial charge in [-0.1, -0.05) is 226 Å². The Morgan fingerprint density at radius 2 is 0.741 bits per heavy atom. The minimum atomic E-state index is -0.999. The summed E-state index contributed by atoms with van der Waals surface area (Å²) in [5, 5.41) is 12.0. The molecule has 2 unspecified atom stereocenters. The number of nitrogens with one attached hydrogen (secondary N) is 1. The summed E-state index contributed by atoms with van der Waals surface area (Å²) < 4.78 is 6.09. The average molecular weight is 821 g/mol. The minimum Gasteiger partial charge on any atom is -0.480 e. The van der Waals surface area contributed by atoms with Crippen LogP contribution in [0, 0.1) is 0 Å². The predicted molar refractivity (Wildman–Crippen MR) is 248 cm³/mol. The number of carboxylic acids is 1. The third-order valence-corrected chi connectivity index (χ3v) is 12.2. The number of amides is 1. The van der Waals surface area contributed by atoms with Crippen molar-refractivity contribution >= 4 is 17.8 Å². The van der Waals surface area contributed by atoms with Crippen LogP contribution in [0.25, 0.3) is 0 Å². The molecule has 1 amide bonds. The molecular formula is C51H100N2O5. The van der Waals surface area contributed by atoms with Gasteiger partial charge in [0.2, 0.25) is 5.91 Å². The van der Waals surface area contributed by atoms with Crippen molar-refractivity contribution in [3.05, 3.63) is 0 Å². The van der Waals surface area contributed by atoms with E-state index >= 15 is 0 Å². The number of nitrogens with two attached hydrogens (primary N) is 1. The molecule has 4 N–H and O–H groups in total. The van der Waals surface area contributed by atoms with Gasteiger partial charge in [0.05, 0.1) is 0 Å². The van der Waals surface area contributed by atoms with Crippen LogP contribution in [0.3, 0.4) is 0 Å². The largest absolute Gasteiger partial charge is 0.480 e. The molecule has 0 aliphatic heterocycles. The van der Waals surface area contributed by atoms with Crippen LogP contribution in [0.15, 0.2) is 0 Å². The first-order chi connectivity index (χ1) is 28.4. The summed E-state index contributed by atoms with van der Waals surface area (Å²) in [5.41, 5.74) is 5.50. The number of carboxylic acid groups (broad SMARTS) is 1. The van der Waals surface area contributed by atoms with Crippen LogP contribution in [0.1, 0.15) is 290 Å². The molecule has 2 atom stereocenters. The van der Waals surface area contributed by atoms with E-state index in [9.17, 15) is 19.5 Å². The molecule has 0 radical (unpaired) electrons. The van der Waals surface area contributed by atoms with Crippen molar-refractivity contribution < 1.29 is 24.2 Å². The molecule has 0 heterocycles. The maximum Gasteiger partial charge on any atom is 0.326 e. The Hall–Kier alpha value is -1.63. The molecule has 0 rings (SSSR count). The molecule has 7 nitrogen and oxygen atoms in total. The number of carbonyl (C=O) groups is 3. The monoisotopic (exact) mass is 821 g/mol. The Balaban J connectivity index is 4.24. The van der Waals surface area contributed by atoms with Crippen molar-refractivity contribution in [3.8, 4) is 0 Å². The van der Waals surface area contributed by atoms with Gasteiger partial charge >= 0.3 is 11.9 Å². The highest BCUT2D eigenvalue weighted by Crippen LogP contribution is 2.20. The number of unbranched alkanes of at least 4 members (excludes halogenated alkanes) is 34. The van der Waals surface area contributed by atoms with Gasteiger partial charge in [0.15, 0.2) is 0 Å². The van der Waals surface area contributed by atoms with E-state index in [0.717, 1.165) is 64.2 Å². The maximum atomic E-state index is 12.9. The molecule has 0 bridgehead atoms. The van der Waals surface area contributed by atoms with Gasteiger partial charge in [-0.3, -0.25) is 9.59 Å². The third kappa shape index (κ3) is 42.5. The van der Waals surface area contributed by atoms with Crippen molar-refractivity contribution in [2.75, 3.05) is 6.54 Å². The molecule has 0 aromatic rings. The van der Waals surface area contributed by atoms with Crippen LogP contribution in [0.2, 0.25) is 0 Å². The Kier molecular flexibility index (Phi) is 45.1. The number of ether oxygens (including phenoxy) is 1. The highest BCUT2D eigenvalue weighted by Gasteiger charge is 2.19. The van der Waals surface area contributed by atoms with E-state index in [1.807, 2.05) is 0 Å². The zero-order chi connectivity index (χ0) is 42.4. The smallest absolute Gasteiger partial charge is 0.326 e. The summed E-state index contributed by atoms with van der Waals surface area (Å²) in [5.74, 6) is -1.20. The molecule has 0 aliphatic rings. The van der Waals surface area contributed by atoms with Gasteiger partial charge in [0, 0.05) is 12.8 Å². The van der Waals surface area contributed by atoms with E-state index in [-0.39, 0.29) is 18.0 Å². The van der Waals surface area contributed by atoms with Crippen LogP contribution in [-0.2, 0) is 19.1 Å². The number of carbonyl (C=O) groups excluding carboxylic acids is 2. The van der Waals surface area contributed by atoms with Gasteiger partial charge in [-0.05, 0) is 57.9 Å². The summed E-state index contributed by atoms with van der Waals surface area (Å²) in [4.78, 5) is 36.6. The van der Waals surface area contributed by atoms with Crippen molar-refractivity contribution in [3.63, 3.8) is 0 Å². The van der Waals surface area contributed by atoms with Gasteiger partial charge in [-0.2, -0.15) is 0 Å². The minimum absolute atomic E-state index is 0.0101. The second-order valence-electron chi connectivity index (χ2n) is 18.0. The third-order valence-electron chi connectivity index (χ3n) is 12.2. The van der Waals surface area contributed by atoms with Gasteiger partial charge < -0.3 is 20.9 Å². The zero-order valence-corrected chi connectivity index (χ0v) is 38.9. The van der Waals surface area contributed by atoms with Gasteiger partial charge in [0.25, 0.3) is 0 Å². The SMILES string of the molecule is CCCCCCCCCCCCCCCCCCCC(=O)OC(CCCCCCCCCCCCCCCCC)CCCCCCCC(=O)NC(CCCN)C(=O)O. The molecule has 0 aromatic carbocycles. The van der Waals surface area contributed by atoms with Crippen molar-refractivity contribution in [2.24, 2.45) is 5.73 Å². The number of hydrogen-bond acceptors (Lipinski definition) is 5. The number of rotatable bonds is 48. The second-order valence-corrected chi connectivity index (χ2v) is 18.0. The summed E-state index contributed by atoms with van der Waals surface area (Å²) >= 11 is 0. The number of esters is 1. The summed E-state index contributed by atoms with van der Waals surface area (Å²) in [6, 6.07) is -0.853. The van der Waals surface area contributed by atoms with Crippen molar-refractivity contribution in [2.45, 2.75) is 302 Å². The molecule has 0 fully saturated rings. The molecular weight excluding hydrogens is 721 g/mol. The fourth-order valence-corrected chi connectivity index (χ4v) is 8.28. The Labute approximate surface area is 360 Å². The average Bonchev–Trinajstić information content (AvgIpc) is 3.21. The Bertz CT molecular complexity index is 883. The second kappa shape index (κ2) is 46.4. The molecule has 0 saturated heterocycles. The van der Waals surface area contributed by atoms with Gasteiger partial charge in [-0.15, -0.1) is 0 Å². The van der Waals surface area contributed by atoms with E-state index in [0.29, 0.717) is 32.2 Å². The molecule has 0 saturated carbocycles. The quantitative estimate of drug-likeness (QED) is 0.0415. The number of aliphatic carboxylic acids is 1. The van der Waals surface area contributed by atoms with Crippen LogP contribution in [0.4, 0.5) is 0 Å². The van der Waals surface area contributed by atoms with E-state index < -0.39 is 12.0 Å². The van der Waals surface area contributed by atoms with E-state index in [1.54, 1.807) is 0 Å². The van der Waals surface area contributed by atoms with Gasteiger partial charge in [-0.25, -0.2) is 4.79 Å². The standard InChI is InChI=1S/C51H100N2O5/c1-3-5-7-9-11-13-15-17-19-20-22-24-26-28-30-35-39-45-50(55)58-47(41-36-32-29-27-25-23-21-18-16-14-12-10-8-6-4-2)42-37-33-31-34-38-44-49(54)53-48(51(56)57)43-40-46-52/h47-48H,3-46,52H2,1-2H3,(H,53,54)(H,56,57). The van der Waals surface area contributed by atoms with Gasteiger partial charge in [0.1, 0.15) is 12.1 Å². The molecule has 344 valence electrons. The normalized spacial score (nSPS) is 12.5. The van der Waals surface area contributed by atoms with Crippen LogP contribution >= 0.6 is 0 Å². The van der Waals surface area contributed by atoms with Crippen LogP contribution in [-0.4, -0.2) is 41.6 Å². The summed E-state index contributed by atoms with van der Waals surface area (Å²) in [6.07, 6.45) is 51.6. The van der Waals surface area contributed by atoms with Crippen molar-refractivity contribution in [1.82, 2.24) is 5.32 Å². The van der Waals surface area contributed by atoms with Crippen LogP contribution in [0.5, 0.6) is 0 Å². The lowest BCUT2D eigenvalue weighted by Gasteiger charge is -2.18. The van der Waals surface area contributed by atoms with Crippen molar-refractivity contribution in [1.29, 1.82) is 0 Å². The van der Waals surface area contributed by atoms with E-state index in [1.165, 1.54) is 186 Å². The fraction of sp³-hybridized carbons (Fsp3) is 0.941. The van der Waals surface area contributed by atoms with E-state index in [2.05, 4.69) is 19.2 Å². The Morgan fingerprint density at radius 3 is 1.07 bits per heavy atom. The molecule has 58 heavy (non-hydrogen) atoms. The summed E-state index contributed by atoms with van der Waals surface area (Å²) in [6.45, 7) is 4.99. The zero-order valence-electron chi connectivity index (χ0n) is 38.9. The first kappa shape index (κ1) is 56.4. The molecule has 0 aliphatic carbocycles.